The molecule has 2 aliphatic rings. The van der Waals surface area contributed by atoms with Gasteiger partial charge in [0.25, 0.3) is 11.8 Å². The standard InChI is InChI=1S/C14H17F2N3O/c1-8-9(2)12(18-10-6-17-13(20)11(8)10)19-5-3-4-14(15,16)7-19/h3-7H2,1-2H3,(H,17,20). The number of nitrogens with one attached hydrogen (secondary N) is 1. The first kappa shape index (κ1) is 13.3. The van der Waals surface area contributed by atoms with E-state index in [9.17, 15) is 13.6 Å². The van der Waals surface area contributed by atoms with Gasteiger partial charge in [0.15, 0.2) is 0 Å². The quantitative estimate of drug-likeness (QED) is 0.858. The molecule has 0 saturated carbocycles. The van der Waals surface area contributed by atoms with Gasteiger partial charge in [-0.3, -0.25) is 4.79 Å². The number of pyridine rings is 1. The molecule has 108 valence electrons. The van der Waals surface area contributed by atoms with Gasteiger partial charge in [0.1, 0.15) is 5.82 Å². The molecular formula is C14H17F2N3O. The summed E-state index contributed by atoms with van der Waals surface area (Å²) in [7, 11) is 0. The first-order valence-corrected chi connectivity index (χ1v) is 6.80. The van der Waals surface area contributed by atoms with Crippen LogP contribution < -0.4 is 10.2 Å². The highest BCUT2D eigenvalue weighted by atomic mass is 19.3. The van der Waals surface area contributed by atoms with Crippen LogP contribution in [0.25, 0.3) is 0 Å². The number of alkyl halides is 2. The summed E-state index contributed by atoms with van der Waals surface area (Å²) in [5.74, 6) is -2.19. The van der Waals surface area contributed by atoms with Gasteiger partial charge in [0.2, 0.25) is 0 Å². The lowest BCUT2D eigenvalue weighted by molar-refractivity contribution is -0.0119. The van der Waals surface area contributed by atoms with E-state index in [1.807, 2.05) is 13.8 Å². The van der Waals surface area contributed by atoms with Crippen LogP contribution in [0.1, 0.15) is 40.0 Å². The summed E-state index contributed by atoms with van der Waals surface area (Å²) in [5, 5.41) is 2.73. The second kappa shape index (κ2) is 4.40. The third-order valence-corrected chi connectivity index (χ3v) is 4.14. The largest absolute Gasteiger partial charge is 0.350 e. The van der Waals surface area contributed by atoms with Crippen LogP contribution in [0, 0.1) is 13.8 Å². The highest BCUT2D eigenvalue weighted by Crippen LogP contribution is 2.33. The number of fused-ring (bicyclic) bond motifs is 1. The van der Waals surface area contributed by atoms with Crippen LogP contribution in [0.2, 0.25) is 0 Å². The Morgan fingerprint density at radius 1 is 1.30 bits per heavy atom. The predicted octanol–water partition coefficient (Wildman–Crippen LogP) is 2.18. The monoisotopic (exact) mass is 281 g/mol. The second-order valence-corrected chi connectivity index (χ2v) is 5.57. The number of anilines is 1. The Kier molecular flexibility index (Phi) is 2.92. The first-order chi connectivity index (χ1) is 9.39. The number of piperidine rings is 1. The van der Waals surface area contributed by atoms with Crippen molar-refractivity contribution in [1.29, 1.82) is 0 Å². The Morgan fingerprint density at radius 3 is 2.75 bits per heavy atom. The van der Waals surface area contributed by atoms with Gasteiger partial charge in [0, 0.05) is 13.0 Å². The van der Waals surface area contributed by atoms with Crippen molar-refractivity contribution in [3.8, 4) is 0 Å². The molecule has 0 radical (unpaired) electrons. The third kappa shape index (κ3) is 2.03. The van der Waals surface area contributed by atoms with Crippen molar-refractivity contribution in [2.75, 3.05) is 18.0 Å². The summed E-state index contributed by atoms with van der Waals surface area (Å²) in [6, 6.07) is 0. The number of halogens is 2. The molecule has 0 unspecified atom stereocenters. The van der Waals surface area contributed by atoms with Crippen molar-refractivity contribution in [2.24, 2.45) is 0 Å². The fourth-order valence-electron chi connectivity index (χ4n) is 2.98. The fourth-order valence-corrected chi connectivity index (χ4v) is 2.98. The van der Waals surface area contributed by atoms with Gasteiger partial charge >= 0.3 is 0 Å². The molecule has 2 aliphatic heterocycles. The topological polar surface area (TPSA) is 45.2 Å². The average Bonchev–Trinajstić information content (AvgIpc) is 2.74. The van der Waals surface area contributed by atoms with Crippen molar-refractivity contribution in [3.63, 3.8) is 0 Å². The van der Waals surface area contributed by atoms with E-state index in [0.717, 1.165) is 11.1 Å². The molecule has 0 spiro atoms. The maximum Gasteiger partial charge on any atom is 0.265 e. The molecule has 1 N–H and O–H groups in total. The van der Waals surface area contributed by atoms with Gasteiger partial charge in [-0.1, -0.05) is 0 Å². The summed E-state index contributed by atoms with van der Waals surface area (Å²) in [6.07, 6.45) is 0.397. The SMILES string of the molecule is Cc1c(N2CCCC(F)(F)C2)nc2c(c1C)C(=O)NC2. The Balaban J connectivity index is 2.03. The average molecular weight is 281 g/mol. The Labute approximate surface area is 116 Å². The zero-order valence-electron chi connectivity index (χ0n) is 11.6. The smallest absolute Gasteiger partial charge is 0.265 e. The molecule has 1 amide bonds. The molecule has 0 aromatic carbocycles. The fraction of sp³-hybridized carbons (Fsp3) is 0.571. The molecule has 0 atom stereocenters. The number of hydrogen-bond donors (Lipinski definition) is 1. The molecule has 20 heavy (non-hydrogen) atoms. The van der Waals surface area contributed by atoms with Gasteiger partial charge in [-0.05, 0) is 31.4 Å². The van der Waals surface area contributed by atoms with Crippen molar-refractivity contribution in [2.45, 2.75) is 39.2 Å². The van der Waals surface area contributed by atoms with Crippen LogP contribution in [0.15, 0.2) is 0 Å². The summed E-state index contributed by atoms with van der Waals surface area (Å²) in [6.45, 7) is 4.37. The highest BCUT2D eigenvalue weighted by molar-refractivity contribution is 5.99. The van der Waals surface area contributed by atoms with Gasteiger partial charge < -0.3 is 10.2 Å². The van der Waals surface area contributed by atoms with Crippen LogP contribution in [0.4, 0.5) is 14.6 Å². The van der Waals surface area contributed by atoms with E-state index in [-0.39, 0.29) is 18.9 Å². The number of carbonyl (C=O) groups excluding carboxylic acids is 1. The van der Waals surface area contributed by atoms with E-state index >= 15 is 0 Å². The molecule has 4 nitrogen and oxygen atoms in total. The molecule has 1 saturated heterocycles. The maximum absolute atomic E-state index is 13.6. The highest BCUT2D eigenvalue weighted by Gasteiger charge is 2.37. The number of nitrogens with zero attached hydrogens (tertiary/aromatic N) is 2. The molecule has 0 aliphatic carbocycles. The van der Waals surface area contributed by atoms with Gasteiger partial charge in [-0.15, -0.1) is 0 Å². The summed E-state index contributed by atoms with van der Waals surface area (Å²) in [5.41, 5.74) is 2.93. The van der Waals surface area contributed by atoms with E-state index < -0.39 is 5.92 Å². The molecule has 0 bridgehead atoms. The molecule has 3 heterocycles. The minimum absolute atomic E-state index is 0.0630. The Morgan fingerprint density at radius 2 is 2.05 bits per heavy atom. The van der Waals surface area contributed by atoms with E-state index in [4.69, 9.17) is 0 Å². The minimum Gasteiger partial charge on any atom is -0.350 e. The number of amides is 1. The normalized spacial score (nSPS) is 20.8. The van der Waals surface area contributed by atoms with Gasteiger partial charge in [0.05, 0.1) is 24.3 Å². The van der Waals surface area contributed by atoms with E-state index in [0.29, 0.717) is 36.6 Å². The lowest BCUT2D eigenvalue weighted by Gasteiger charge is -2.34. The Hall–Kier alpha value is -1.72. The minimum atomic E-state index is -2.66. The lowest BCUT2D eigenvalue weighted by Crippen LogP contribution is -2.43. The van der Waals surface area contributed by atoms with Gasteiger partial charge in [-0.25, -0.2) is 13.8 Å². The summed E-state index contributed by atoms with van der Waals surface area (Å²) >= 11 is 0. The number of rotatable bonds is 1. The zero-order valence-corrected chi connectivity index (χ0v) is 11.6. The number of aromatic nitrogens is 1. The zero-order chi connectivity index (χ0) is 14.5. The van der Waals surface area contributed by atoms with E-state index in [2.05, 4.69) is 10.3 Å². The molecule has 3 rings (SSSR count). The van der Waals surface area contributed by atoms with Crippen LogP contribution in [0.5, 0.6) is 0 Å². The van der Waals surface area contributed by atoms with Gasteiger partial charge in [-0.2, -0.15) is 0 Å². The third-order valence-electron chi connectivity index (χ3n) is 4.14. The molecule has 6 heteroatoms. The van der Waals surface area contributed by atoms with Crippen molar-refractivity contribution in [1.82, 2.24) is 10.3 Å². The van der Waals surface area contributed by atoms with Crippen molar-refractivity contribution < 1.29 is 13.6 Å². The summed E-state index contributed by atoms with van der Waals surface area (Å²) < 4.78 is 27.1. The number of hydrogen-bond acceptors (Lipinski definition) is 3. The van der Waals surface area contributed by atoms with Crippen molar-refractivity contribution >= 4 is 11.7 Å². The molecule has 1 aromatic heterocycles. The van der Waals surface area contributed by atoms with Crippen LogP contribution in [0.3, 0.4) is 0 Å². The lowest BCUT2D eigenvalue weighted by atomic mass is 10.0. The van der Waals surface area contributed by atoms with Crippen LogP contribution >= 0.6 is 0 Å². The molecule has 1 aromatic rings. The van der Waals surface area contributed by atoms with Crippen LogP contribution in [-0.2, 0) is 6.54 Å². The maximum atomic E-state index is 13.6. The number of carbonyl (C=O) groups is 1. The second-order valence-electron chi connectivity index (χ2n) is 5.57. The predicted molar refractivity (Wildman–Crippen MR) is 71.3 cm³/mol. The van der Waals surface area contributed by atoms with E-state index in [1.165, 1.54) is 0 Å². The summed E-state index contributed by atoms with van der Waals surface area (Å²) in [4.78, 5) is 17.9. The molecule has 1 fully saturated rings. The van der Waals surface area contributed by atoms with E-state index in [1.54, 1.807) is 4.90 Å². The first-order valence-electron chi connectivity index (χ1n) is 6.80. The van der Waals surface area contributed by atoms with Crippen LogP contribution in [-0.4, -0.2) is 29.9 Å². The molecular weight excluding hydrogens is 264 g/mol. The van der Waals surface area contributed by atoms with Crippen molar-refractivity contribution in [3.05, 3.63) is 22.4 Å². The Bertz CT molecular complexity index is 586.